The van der Waals surface area contributed by atoms with Crippen molar-refractivity contribution in [2.75, 3.05) is 6.54 Å². The Morgan fingerprint density at radius 3 is 2.60 bits per heavy atom. The van der Waals surface area contributed by atoms with E-state index in [-0.39, 0.29) is 13.1 Å². The van der Waals surface area contributed by atoms with Gasteiger partial charge in [0.05, 0.1) is 12.2 Å². The number of hydrogen-bond donors (Lipinski definition) is 1. The molecule has 0 aliphatic carbocycles. The van der Waals surface area contributed by atoms with Crippen molar-refractivity contribution in [1.29, 1.82) is 0 Å². The molecular weight excluding hydrogens is 264 g/mol. The molecule has 110 valence electrons. The molecule has 2 rings (SSSR count). The molecule has 8 nitrogen and oxygen atoms in total. The number of aryl methyl sites for hydroxylation is 1. The van der Waals surface area contributed by atoms with E-state index in [0.29, 0.717) is 11.4 Å². The Morgan fingerprint density at radius 1 is 1.40 bits per heavy atom. The zero-order valence-corrected chi connectivity index (χ0v) is 12.0. The van der Waals surface area contributed by atoms with Crippen LogP contribution in [-0.2, 0) is 23.1 Å². The predicted octanol–water partition coefficient (Wildman–Crippen LogP) is 0.734. The molecule has 1 aromatic heterocycles. The first-order valence-corrected chi connectivity index (χ1v) is 6.28. The van der Waals surface area contributed by atoms with Crippen molar-refractivity contribution in [3.8, 4) is 0 Å². The van der Waals surface area contributed by atoms with Crippen molar-refractivity contribution in [2.24, 2.45) is 7.05 Å². The van der Waals surface area contributed by atoms with Gasteiger partial charge in [0, 0.05) is 13.6 Å². The van der Waals surface area contributed by atoms with E-state index in [9.17, 15) is 14.7 Å². The summed E-state index contributed by atoms with van der Waals surface area (Å²) in [7, 11) is 1.64. The summed E-state index contributed by atoms with van der Waals surface area (Å²) in [5.74, 6) is -1.85. The minimum absolute atomic E-state index is 0.0540. The highest BCUT2D eigenvalue weighted by atomic mass is 16.6. The van der Waals surface area contributed by atoms with Crippen LogP contribution in [0.25, 0.3) is 0 Å². The summed E-state index contributed by atoms with van der Waals surface area (Å²) in [6, 6.07) is 0. The van der Waals surface area contributed by atoms with Gasteiger partial charge in [0.1, 0.15) is 17.2 Å². The number of carbonyl (C=O) groups excluding carboxylic acids is 1. The maximum absolute atomic E-state index is 12.1. The summed E-state index contributed by atoms with van der Waals surface area (Å²) in [6.45, 7) is 5.55. The average Bonchev–Trinajstić information content (AvgIpc) is 2.68. The van der Waals surface area contributed by atoms with Gasteiger partial charge < -0.3 is 14.7 Å². The lowest BCUT2D eigenvalue weighted by Crippen LogP contribution is -2.43. The number of ether oxygens (including phenoxy) is 1. The number of carboxylic acid groups (broad SMARTS) is 1. The number of amides is 1. The minimum atomic E-state index is -1.01. The van der Waals surface area contributed by atoms with E-state index in [0.717, 1.165) is 0 Å². The summed E-state index contributed by atoms with van der Waals surface area (Å²) < 4.78 is 6.71. The highest BCUT2D eigenvalue weighted by molar-refractivity contribution is 5.78. The summed E-state index contributed by atoms with van der Waals surface area (Å²) in [5.41, 5.74) is 0.410. The Balaban J connectivity index is 2.25. The van der Waals surface area contributed by atoms with E-state index in [1.165, 1.54) is 9.58 Å². The second-order valence-corrected chi connectivity index (χ2v) is 5.80. The Morgan fingerprint density at radius 2 is 2.05 bits per heavy atom. The molecular formula is C12H18N4O4. The number of rotatable bonds is 1. The molecule has 20 heavy (non-hydrogen) atoms. The second-order valence-electron chi connectivity index (χ2n) is 5.80. The molecule has 1 N–H and O–H groups in total. The van der Waals surface area contributed by atoms with Gasteiger partial charge in [0.2, 0.25) is 0 Å². The van der Waals surface area contributed by atoms with Crippen LogP contribution in [0, 0.1) is 0 Å². The largest absolute Gasteiger partial charge is 0.481 e. The minimum Gasteiger partial charge on any atom is -0.481 e. The van der Waals surface area contributed by atoms with Gasteiger partial charge in [-0.1, -0.05) is 5.21 Å². The van der Waals surface area contributed by atoms with Crippen LogP contribution in [-0.4, -0.2) is 49.2 Å². The van der Waals surface area contributed by atoms with Crippen molar-refractivity contribution in [2.45, 2.75) is 38.8 Å². The van der Waals surface area contributed by atoms with Crippen LogP contribution in [0.4, 0.5) is 4.79 Å². The number of carboxylic acids is 1. The fourth-order valence-electron chi connectivity index (χ4n) is 2.16. The third-order valence-corrected chi connectivity index (χ3v) is 2.97. The first kappa shape index (κ1) is 14.3. The van der Waals surface area contributed by atoms with Crippen molar-refractivity contribution < 1.29 is 19.4 Å². The highest BCUT2D eigenvalue weighted by Gasteiger charge is 2.37. The normalized spacial score (nSPS) is 18.6. The van der Waals surface area contributed by atoms with Crippen LogP contribution >= 0.6 is 0 Å². The highest BCUT2D eigenvalue weighted by Crippen LogP contribution is 2.27. The van der Waals surface area contributed by atoms with Crippen LogP contribution in [0.3, 0.4) is 0 Å². The molecule has 0 bridgehead atoms. The topological polar surface area (TPSA) is 97.5 Å². The first-order chi connectivity index (χ1) is 9.19. The third-order valence-electron chi connectivity index (χ3n) is 2.97. The molecule has 0 saturated heterocycles. The number of hydrogen-bond acceptors (Lipinski definition) is 5. The molecule has 1 aliphatic rings. The molecule has 0 radical (unpaired) electrons. The first-order valence-electron chi connectivity index (χ1n) is 6.28. The molecule has 1 aromatic rings. The molecule has 1 amide bonds. The molecule has 0 unspecified atom stereocenters. The molecule has 1 aliphatic heterocycles. The lowest BCUT2D eigenvalue weighted by molar-refractivity contribution is -0.139. The van der Waals surface area contributed by atoms with Crippen LogP contribution in [0.5, 0.6) is 0 Å². The maximum atomic E-state index is 12.1. The van der Waals surface area contributed by atoms with Gasteiger partial charge in [0.25, 0.3) is 0 Å². The molecule has 0 fully saturated rings. The molecule has 0 saturated carbocycles. The van der Waals surface area contributed by atoms with Gasteiger partial charge in [-0.2, -0.15) is 0 Å². The number of aliphatic carboxylic acids is 1. The number of carbonyl (C=O) groups is 2. The Kier molecular flexibility index (Phi) is 3.41. The van der Waals surface area contributed by atoms with E-state index in [1.54, 1.807) is 27.8 Å². The summed E-state index contributed by atoms with van der Waals surface area (Å²) in [6.07, 6.45) is -0.542. The van der Waals surface area contributed by atoms with Gasteiger partial charge in [-0.05, 0) is 20.8 Å². The lowest BCUT2D eigenvalue weighted by atomic mass is 9.99. The van der Waals surface area contributed by atoms with Crippen molar-refractivity contribution in [1.82, 2.24) is 19.9 Å². The monoisotopic (exact) mass is 282 g/mol. The Bertz CT molecular complexity index is 546. The number of nitrogens with zero attached hydrogens (tertiary/aromatic N) is 4. The Labute approximate surface area is 116 Å². The average molecular weight is 282 g/mol. The summed E-state index contributed by atoms with van der Waals surface area (Å²) >= 11 is 0. The van der Waals surface area contributed by atoms with E-state index < -0.39 is 23.6 Å². The molecule has 0 aromatic carbocycles. The van der Waals surface area contributed by atoms with Crippen molar-refractivity contribution in [3.05, 3.63) is 11.4 Å². The third kappa shape index (κ3) is 2.73. The van der Waals surface area contributed by atoms with Gasteiger partial charge in [-0.3, -0.25) is 9.48 Å². The fourth-order valence-corrected chi connectivity index (χ4v) is 2.16. The van der Waals surface area contributed by atoms with Crippen molar-refractivity contribution in [3.63, 3.8) is 0 Å². The second kappa shape index (κ2) is 4.77. The molecule has 0 spiro atoms. The predicted molar refractivity (Wildman–Crippen MR) is 68.0 cm³/mol. The van der Waals surface area contributed by atoms with E-state index in [1.807, 2.05) is 0 Å². The van der Waals surface area contributed by atoms with Crippen molar-refractivity contribution >= 4 is 12.1 Å². The van der Waals surface area contributed by atoms with E-state index in [4.69, 9.17) is 4.74 Å². The fraction of sp³-hybridized carbons (Fsp3) is 0.667. The zero-order chi connectivity index (χ0) is 15.1. The summed E-state index contributed by atoms with van der Waals surface area (Å²) in [5, 5.41) is 17.1. The summed E-state index contributed by atoms with van der Waals surface area (Å²) in [4.78, 5) is 24.8. The lowest BCUT2D eigenvalue weighted by Gasteiger charge is -2.32. The van der Waals surface area contributed by atoms with Crippen LogP contribution in [0.1, 0.15) is 38.1 Å². The Hall–Kier alpha value is -2.12. The number of aromatic nitrogens is 3. The van der Waals surface area contributed by atoms with E-state index in [2.05, 4.69) is 10.3 Å². The number of fused-ring (bicyclic) bond motifs is 1. The smallest absolute Gasteiger partial charge is 0.410 e. The molecule has 1 atom stereocenters. The zero-order valence-electron chi connectivity index (χ0n) is 12.0. The van der Waals surface area contributed by atoms with Gasteiger partial charge in [0.15, 0.2) is 0 Å². The quantitative estimate of drug-likeness (QED) is 0.815. The van der Waals surface area contributed by atoms with Crippen LogP contribution < -0.4 is 0 Å². The van der Waals surface area contributed by atoms with Gasteiger partial charge in [-0.15, -0.1) is 5.10 Å². The molecule has 2 heterocycles. The SMILES string of the molecule is Cn1nnc2c1[C@@H](C(=O)O)CN(C(=O)OC(C)(C)C)C2. The molecule has 8 heteroatoms. The van der Waals surface area contributed by atoms with E-state index >= 15 is 0 Å². The van der Waals surface area contributed by atoms with Crippen LogP contribution in [0.2, 0.25) is 0 Å². The van der Waals surface area contributed by atoms with Gasteiger partial charge in [-0.25, -0.2) is 4.79 Å². The maximum Gasteiger partial charge on any atom is 0.410 e. The van der Waals surface area contributed by atoms with Crippen LogP contribution in [0.15, 0.2) is 0 Å². The standard InChI is InChI=1S/C12H18N4O4/c1-12(2,3)20-11(19)16-5-7(10(17)18)9-8(6-16)13-14-15(9)4/h7H,5-6H2,1-4H3,(H,17,18)/t7-/m0/s1. The van der Waals surface area contributed by atoms with Gasteiger partial charge >= 0.3 is 12.1 Å².